The predicted octanol–water partition coefficient (Wildman–Crippen LogP) is 3.26. The number of carbonyl (C=O) groups excluding carboxylic acids is 2. The maximum atomic E-state index is 13.1. The van der Waals surface area contributed by atoms with Crippen LogP contribution in [0.2, 0.25) is 0 Å². The van der Waals surface area contributed by atoms with E-state index in [4.69, 9.17) is 4.74 Å². The van der Waals surface area contributed by atoms with Gasteiger partial charge in [0, 0.05) is 36.7 Å². The summed E-state index contributed by atoms with van der Waals surface area (Å²) in [7, 11) is 1.67. The summed E-state index contributed by atoms with van der Waals surface area (Å²) in [5.74, 6) is 1.23. The Morgan fingerprint density at radius 2 is 1.81 bits per heavy atom. The van der Waals surface area contributed by atoms with Gasteiger partial charge in [-0.15, -0.1) is 0 Å². The minimum absolute atomic E-state index is 0.00655. The van der Waals surface area contributed by atoms with Crippen molar-refractivity contribution in [3.63, 3.8) is 0 Å². The molecule has 0 spiro atoms. The van der Waals surface area contributed by atoms with Crippen molar-refractivity contribution in [1.82, 2.24) is 4.90 Å². The van der Waals surface area contributed by atoms with Crippen LogP contribution >= 0.6 is 0 Å². The third-order valence-corrected chi connectivity index (χ3v) is 5.44. The molecule has 0 atom stereocenters. The largest absolute Gasteiger partial charge is 0.497 e. The van der Waals surface area contributed by atoms with Crippen LogP contribution in [0.25, 0.3) is 0 Å². The Balaban J connectivity index is 1.68. The van der Waals surface area contributed by atoms with E-state index in [2.05, 4.69) is 0 Å². The molecule has 0 radical (unpaired) electrons. The maximum absolute atomic E-state index is 13.1. The summed E-state index contributed by atoms with van der Waals surface area (Å²) in [6, 6.07) is 5.97. The molecular formula is C21H30N2O3. The number of anilines is 1. The molecule has 0 saturated carbocycles. The number of hydrogen-bond donors (Lipinski definition) is 0. The zero-order valence-electron chi connectivity index (χ0n) is 16.4. The Labute approximate surface area is 156 Å². The third kappa shape index (κ3) is 3.71. The highest BCUT2D eigenvalue weighted by Gasteiger charge is 2.35. The number of ether oxygens (including phenoxy) is 1. The van der Waals surface area contributed by atoms with Gasteiger partial charge < -0.3 is 14.5 Å². The Morgan fingerprint density at radius 1 is 1.12 bits per heavy atom. The molecule has 2 aliphatic heterocycles. The van der Waals surface area contributed by atoms with Gasteiger partial charge in [-0.05, 0) is 49.4 Å². The number of carbonyl (C=O) groups is 2. The molecule has 0 aliphatic carbocycles. The van der Waals surface area contributed by atoms with Crippen LogP contribution < -0.4 is 9.64 Å². The topological polar surface area (TPSA) is 49.9 Å². The lowest BCUT2D eigenvalue weighted by molar-refractivity contribution is -0.142. The molecule has 3 rings (SSSR count). The first-order valence-electron chi connectivity index (χ1n) is 9.59. The number of aryl methyl sites for hydroxylation is 1. The van der Waals surface area contributed by atoms with Crippen LogP contribution in [-0.4, -0.2) is 43.5 Å². The fraction of sp³-hybridized carbons (Fsp3) is 0.619. The number of hydrogen-bond acceptors (Lipinski definition) is 3. The van der Waals surface area contributed by atoms with Crippen molar-refractivity contribution in [2.75, 3.05) is 31.6 Å². The Bertz CT molecular complexity index is 685. The van der Waals surface area contributed by atoms with Gasteiger partial charge in [0.05, 0.1) is 7.11 Å². The van der Waals surface area contributed by atoms with E-state index >= 15 is 0 Å². The lowest BCUT2D eigenvalue weighted by Gasteiger charge is -2.38. The van der Waals surface area contributed by atoms with Crippen LogP contribution in [0, 0.1) is 11.3 Å². The summed E-state index contributed by atoms with van der Waals surface area (Å²) in [5.41, 5.74) is 1.85. The SMILES string of the molecule is COc1ccc2c(c1)CCCN2C(=O)C1CCN(C(=O)C(C)(C)C)CC1. The second-order valence-electron chi connectivity index (χ2n) is 8.40. The molecule has 142 valence electrons. The van der Waals surface area contributed by atoms with E-state index in [-0.39, 0.29) is 23.1 Å². The summed E-state index contributed by atoms with van der Waals surface area (Å²) in [5, 5.41) is 0. The van der Waals surface area contributed by atoms with Crippen LogP contribution in [0.5, 0.6) is 5.75 Å². The Kier molecular flexibility index (Phi) is 5.26. The number of likely N-dealkylation sites (tertiary alicyclic amines) is 1. The quantitative estimate of drug-likeness (QED) is 0.815. The van der Waals surface area contributed by atoms with Crippen molar-refractivity contribution < 1.29 is 14.3 Å². The molecule has 0 unspecified atom stereocenters. The predicted molar refractivity (Wildman–Crippen MR) is 102 cm³/mol. The second-order valence-corrected chi connectivity index (χ2v) is 8.40. The molecule has 5 nitrogen and oxygen atoms in total. The average molecular weight is 358 g/mol. The van der Waals surface area contributed by atoms with Gasteiger partial charge >= 0.3 is 0 Å². The maximum Gasteiger partial charge on any atom is 0.230 e. The Morgan fingerprint density at radius 3 is 2.42 bits per heavy atom. The summed E-state index contributed by atoms with van der Waals surface area (Å²) in [4.78, 5) is 29.4. The molecule has 1 aromatic carbocycles. The number of fused-ring (bicyclic) bond motifs is 1. The van der Waals surface area contributed by atoms with Gasteiger partial charge in [-0.25, -0.2) is 0 Å². The molecule has 0 N–H and O–H groups in total. The number of rotatable bonds is 2. The molecule has 1 aromatic rings. The standard InChI is InChI=1S/C21H30N2O3/c1-21(2,3)20(25)22-12-9-15(10-13-22)19(24)23-11-5-6-16-14-17(26-4)7-8-18(16)23/h7-8,14-15H,5-6,9-13H2,1-4H3. The molecule has 2 heterocycles. The van der Waals surface area contributed by atoms with E-state index in [1.165, 1.54) is 5.56 Å². The lowest BCUT2D eigenvalue weighted by Crippen LogP contribution is -2.48. The van der Waals surface area contributed by atoms with Crippen LogP contribution in [0.1, 0.15) is 45.6 Å². The zero-order chi connectivity index (χ0) is 18.9. The van der Waals surface area contributed by atoms with Crippen molar-refractivity contribution >= 4 is 17.5 Å². The minimum atomic E-state index is -0.359. The van der Waals surface area contributed by atoms with Crippen LogP contribution in [0.4, 0.5) is 5.69 Å². The van der Waals surface area contributed by atoms with Crippen molar-refractivity contribution in [2.45, 2.75) is 46.5 Å². The van der Waals surface area contributed by atoms with E-state index in [9.17, 15) is 9.59 Å². The van der Waals surface area contributed by atoms with Gasteiger partial charge in [0.15, 0.2) is 0 Å². The van der Waals surface area contributed by atoms with E-state index in [1.807, 2.05) is 48.8 Å². The highest BCUT2D eigenvalue weighted by Crippen LogP contribution is 2.33. The molecule has 2 aliphatic rings. The van der Waals surface area contributed by atoms with E-state index < -0.39 is 0 Å². The molecule has 0 bridgehead atoms. The van der Waals surface area contributed by atoms with Gasteiger partial charge in [-0.2, -0.15) is 0 Å². The van der Waals surface area contributed by atoms with Crippen LogP contribution in [0.3, 0.4) is 0 Å². The average Bonchev–Trinajstić information content (AvgIpc) is 2.65. The number of nitrogens with zero attached hydrogens (tertiary/aromatic N) is 2. The number of amides is 2. The third-order valence-electron chi connectivity index (χ3n) is 5.44. The molecular weight excluding hydrogens is 328 g/mol. The zero-order valence-corrected chi connectivity index (χ0v) is 16.4. The number of benzene rings is 1. The molecule has 1 saturated heterocycles. The Hall–Kier alpha value is -2.04. The normalized spacial score (nSPS) is 18.5. The van der Waals surface area contributed by atoms with Crippen molar-refractivity contribution in [3.05, 3.63) is 23.8 Å². The second kappa shape index (κ2) is 7.29. The number of piperidine rings is 1. The molecule has 26 heavy (non-hydrogen) atoms. The van der Waals surface area contributed by atoms with Gasteiger partial charge in [0.2, 0.25) is 11.8 Å². The van der Waals surface area contributed by atoms with Crippen LogP contribution in [0.15, 0.2) is 18.2 Å². The molecule has 2 amide bonds. The van der Waals surface area contributed by atoms with E-state index in [1.54, 1.807) is 7.11 Å². The lowest BCUT2D eigenvalue weighted by atomic mass is 9.90. The van der Waals surface area contributed by atoms with E-state index in [0.29, 0.717) is 13.1 Å². The van der Waals surface area contributed by atoms with Gasteiger partial charge in [0.1, 0.15) is 5.75 Å². The first-order chi connectivity index (χ1) is 12.3. The highest BCUT2D eigenvalue weighted by atomic mass is 16.5. The van der Waals surface area contributed by atoms with Gasteiger partial charge in [-0.1, -0.05) is 20.8 Å². The molecule has 0 aromatic heterocycles. The summed E-state index contributed by atoms with van der Waals surface area (Å²) < 4.78 is 5.31. The first kappa shape index (κ1) is 18.7. The minimum Gasteiger partial charge on any atom is -0.497 e. The fourth-order valence-corrected chi connectivity index (χ4v) is 3.95. The van der Waals surface area contributed by atoms with Crippen molar-refractivity contribution in [1.29, 1.82) is 0 Å². The summed E-state index contributed by atoms with van der Waals surface area (Å²) in [6.45, 7) is 7.98. The van der Waals surface area contributed by atoms with Gasteiger partial charge in [-0.3, -0.25) is 9.59 Å². The summed E-state index contributed by atoms with van der Waals surface area (Å²) in [6.07, 6.45) is 3.47. The molecule has 1 fully saturated rings. The fourth-order valence-electron chi connectivity index (χ4n) is 3.95. The van der Waals surface area contributed by atoms with Crippen LogP contribution in [-0.2, 0) is 16.0 Å². The van der Waals surface area contributed by atoms with E-state index in [0.717, 1.165) is 43.7 Å². The van der Waals surface area contributed by atoms with Gasteiger partial charge in [0.25, 0.3) is 0 Å². The monoisotopic (exact) mass is 358 g/mol. The first-order valence-corrected chi connectivity index (χ1v) is 9.59. The van der Waals surface area contributed by atoms with Crippen molar-refractivity contribution in [2.24, 2.45) is 11.3 Å². The number of methoxy groups -OCH3 is 1. The summed E-state index contributed by atoms with van der Waals surface area (Å²) >= 11 is 0. The smallest absolute Gasteiger partial charge is 0.230 e. The van der Waals surface area contributed by atoms with Crippen molar-refractivity contribution in [3.8, 4) is 5.75 Å². The highest BCUT2D eigenvalue weighted by molar-refractivity contribution is 5.96. The molecule has 5 heteroatoms.